The highest BCUT2D eigenvalue weighted by molar-refractivity contribution is 6.36. The molecule has 0 saturated heterocycles. The van der Waals surface area contributed by atoms with Gasteiger partial charge in [-0.15, -0.1) is 10.2 Å². The normalized spacial score (nSPS) is 11.1. The van der Waals surface area contributed by atoms with Crippen LogP contribution < -0.4 is 4.74 Å². The van der Waals surface area contributed by atoms with E-state index in [-0.39, 0.29) is 0 Å². The fourth-order valence-electron chi connectivity index (χ4n) is 1.94. The lowest BCUT2D eigenvalue weighted by Crippen LogP contribution is -1.88. The van der Waals surface area contributed by atoms with Crippen LogP contribution >= 0.6 is 23.2 Å². The van der Waals surface area contributed by atoms with Crippen LogP contribution in [-0.2, 0) is 0 Å². The summed E-state index contributed by atoms with van der Waals surface area (Å²) >= 11 is 11.9. The molecule has 5 heteroatoms. The minimum atomic E-state index is 0.463. The average Bonchev–Trinajstić information content (AvgIpc) is 2.37. The van der Waals surface area contributed by atoms with Crippen LogP contribution in [0.25, 0.3) is 0 Å². The highest BCUT2D eigenvalue weighted by atomic mass is 35.5. The van der Waals surface area contributed by atoms with Gasteiger partial charge < -0.3 is 4.74 Å². The van der Waals surface area contributed by atoms with Gasteiger partial charge in [0.1, 0.15) is 17.1 Å². The van der Waals surface area contributed by atoms with E-state index in [9.17, 15) is 0 Å². The molecule has 0 aliphatic heterocycles. The number of benzene rings is 2. The molecule has 3 nitrogen and oxygen atoms in total. The minimum Gasteiger partial charge on any atom is -0.494 e. The van der Waals surface area contributed by atoms with Crippen molar-refractivity contribution in [3.8, 4) is 5.75 Å². The zero-order valence-electron chi connectivity index (χ0n) is 11.4. The molecule has 0 atom stereocenters. The fourth-order valence-corrected chi connectivity index (χ4v) is 2.39. The largest absolute Gasteiger partial charge is 0.494 e. The topological polar surface area (TPSA) is 34.0 Å². The van der Waals surface area contributed by atoms with Gasteiger partial charge in [-0.2, -0.15) is 0 Å². The predicted octanol–water partition coefficient (Wildman–Crippen LogP) is 6.03. The third-order valence-electron chi connectivity index (χ3n) is 2.78. The van der Waals surface area contributed by atoms with Gasteiger partial charge in [-0.3, -0.25) is 0 Å². The van der Waals surface area contributed by atoms with E-state index in [0.29, 0.717) is 27.2 Å². The Kier molecular flexibility index (Phi) is 4.63. The van der Waals surface area contributed by atoms with Crippen LogP contribution in [0, 0.1) is 13.8 Å². The first-order chi connectivity index (χ1) is 9.51. The highest BCUT2D eigenvalue weighted by Gasteiger charge is 2.07. The summed E-state index contributed by atoms with van der Waals surface area (Å²) in [6, 6.07) is 9.03. The van der Waals surface area contributed by atoms with E-state index in [1.54, 1.807) is 25.3 Å². The quantitative estimate of drug-likeness (QED) is 0.637. The maximum atomic E-state index is 6.06. The van der Waals surface area contributed by atoms with Crippen molar-refractivity contribution in [3.05, 3.63) is 51.5 Å². The van der Waals surface area contributed by atoms with Gasteiger partial charge in [0, 0.05) is 5.02 Å². The van der Waals surface area contributed by atoms with Gasteiger partial charge in [0.05, 0.1) is 12.1 Å². The van der Waals surface area contributed by atoms with E-state index in [0.717, 1.165) is 11.1 Å². The Hall–Kier alpha value is -1.58. The molecule has 0 saturated carbocycles. The van der Waals surface area contributed by atoms with E-state index in [4.69, 9.17) is 27.9 Å². The SMILES string of the molecule is COc1c(C)cc(C)cc1N=Nc1ccc(Cl)cc1Cl. The second-order valence-electron chi connectivity index (χ2n) is 4.43. The summed E-state index contributed by atoms with van der Waals surface area (Å²) in [5.74, 6) is 0.712. The monoisotopic (exact) mass is 308 g/mol. The zero-order chi connectivity index (χ0) is 14.7. The number of hydrogen-bond donors (Lipinski definition) is 0. The number of halogens is 2. The molecule has 20 heavy (non-hydrogen) atoms. The Bertz CT molecular complexity index is 669. The molecule has 2 aromatic carbocycles. The van der Waals surface area contributed by atoms with Crippen LogP contribution in [0.3, 0.4) is 0 Å². The first-order valence-corrected chi connectivity index (χ1v) is 6.79. The third kappa shape index (κ3) is 3.30. The number of aryl methyl sites for hydroxylation is 2. The van der Waals surface area contributed by atoms with Gasteiger partial charge in [-0.05, 0) is 49.2 Å². The molecule has 104 valence electrons. The Balaban J connectivity index is 2.41. The van der Waals surface area contributed by atoms with Crippen LogP contribution in [0.1, 0.15) is 11.1 Å². The van der Waals surface area contributed by atoms with Crippen molar-refractivity contribution in [2.75, 3.05) is 7.11 Å². The summed E-state index contributed by atoms with van der Waals surface area (Å²) in [6.07, 6.45) is 0. The Morgan fingerprint density at radius 1 is 0.950 bits per heavy atom. The summed E-state index contributed by atoms with van der Waals surface area (Å²) < 4.78 is 5.36. The predicted molar refractivity (Wildman–Crippen MR) is 83.1 cm³/mol. The zero-order valence-corrected chi connectivity index (χ0v) is 13.0. The maximum absolute atomic E-state index is 6.06. The van der Waals surface area contributed by atoms with Crippen molar-refractivity contribution in [1.82, 2.24) is 0 Å². The molecule has 0 heterocycles. The Labute approximate surface area is 128 Å². The fraction of sp³-hybridized carbons (Fsp3) is 0.200. The second kappa shape index (κ2) is 6.25. The third-order valence-corrected chi connectivity index (χ3v) is 3.32. The van der Waals surface area contributed by atoms with E-state index < -0.39 is 0 Å². The molecule has 0 radical (unpaired) electrons. The maximum Gasteiger partial charge on any atom is 0.149 e. The number of azo groups is 1. The van der Waals surface area contributed by atoms with E-state index in [1.165, 1.54) is 0 Å². The number of rotatable bonds is 3. The second-order valence-corrected chi connectivity index (χ2v) is 5.27. The number of nitrogens with zero attached hydrogens (tertiary/aromatic N) is 2. The first kappa shape index (κ1) is 14.8. The summed E-state index contributed by atoms with van der Waals surface area (Å²) in [5.41, 5.74) is 3.36. The molecule has 2 rings (SSSR count). The molecule has 0 unspecified atom stereocenters. The van der Waals surface area contributed by atoms with Crippen molar-refractivity contribution in [1.29, 1.82) is 0 Å². The standard InChI is InChI=1S/C15H14Cl2N2O/c1-9-6-10(2)15(20-3)14(7-9)19-18-13-5-4-11(16)8-12(13)17/h4-8H,1-3H3. The lowest BCUT2D eigenvalue weighted by atomic mass is 10.1. The molecule has 0 aliphatic carbocycles. The average molecular weight is 309 g/mol. The summed E-state index contributed by atoms with van der Waals surface area (Å²) in [7, 11) is 1.62. The van der Waals surface area contributed by atoms with Crippen molar-refractivity contribution in [2.24, 2.45) is 10.2 Å². The molecule has 0 aromatic heterocycles. The Morgan fingerprint density at radius 3 is 2.30 bits per heavy atom. The van der Waals surface area contributed by atoms with Gasteiger partial charge in [0.25, 0.3) is 0 Å². The van der Waals surface area contributed by atoms with Crippen molar-refractivity contribution in [2.45, 2.75) is 13.8 Å². The van der Waals surface area contributed by atoms with Gasteiger partial charge >= 0.3 is 0 Å². The summed E-state index contributed by atoms with van der Waals surface area (Å²) in [6.45, 7) is 3.97. The molecule has 0 aliphatic rings. The van der Waals surface area contributed by atoms with Crippen LogP contribution in [0.2, 0.25) is 10.0 Å². The van der Waals surface area contributed by atoms with Crippen LogP contribution in [-0.4, -0.2) is 7.11 Å². The minimum absolute atomic E-state index is 0.463. The van der Waals surface area contributed by atoms with Crippen molar-refractivity contribution < 1.29 is 4.74 Å². The van der Waals surface area contributed by atoms with E-state index >= 15 is 0 Å². The van der Waals surface area contributed by atoms with E-state index in [1.807, 2.05) is 26.0 Å². The molecule has 0 N–H and O–H groups in total. The molecular formula is C15H14Cl2N2O. The van der Waals surface area contributed by atoms with Crippen LogP contribution in [0.15, 0.2) is 40.6 Å². The van der Waals surface area contributed by atoms with Crippen LogP contribution in [0.4, 0.5) is 11.4 Å². The lowest BCUT2D eigenvalue weighted by molar-refractivity contribution is 0.412. The summed E-state index contributed by atoms with van der Waals surface area (Å²) in [5, 5.41) is 9.42. The lowest BCUT2D eigenvalue weighted by Gasteiger charge is -2.08. The van der Waals surface area contributed by atoms with Crippen LogP contribution in [0.5, 0.6) is 5.75 Å². The number of ether oxygens (including phenoxy) is 1. The molecule has 2 aromatic rings. The van der Waals surface area contributed by atoms with Gasteiger partial charge in [0.2, 0.25) is 0 Å². The Morgan fingerprint density at radius 2 is 1.65 bits per heavy atom. The molecule has 0 amide bonds. The van der Waals surface area contributed by atoms with Gasteiger partial charge in [-0.1, -0.05) is 29.3 Å². The van der Waals surface area contributed by atoms with E-state index in [2.05, 4.69) is 10.2 Å². The van der Waals surface area contributed by atoms with Crippen molar-refractivity contribution >= 4 is 34.6 Å². The van der Waals surface area contributed by atoms with Crippen molar-refractivity contribution in [3.63, 3.8) is 0 Å². The molecule has 0 fully saturated rings. The summed E-state index contributed by atoms with van der Waals surface area (Å²) in [4.78, 5) is 0. The van der Waals surface area contributed by atoms with Gasteiger partial charge in [-0.25, -0.2) is 0 Å². The molecule has 0 spiro atoms. The smallest absolute Gasteiger partial charge is 0.149 e. The molecule has 0 bridgehead atoms. The number of methoxy groups -OCH3 is 1. The highest BCUT2D eigenvalue weighted by Crippen LogP contribution is 2.35. The molecular weight excluding hydrogens is 295 g/mol. The first-order valence-electron chi connectivity index (χ1n) is 6.03. The van der Waals surface area contributed by atoms with Gasteiger partial charge in [0.15, 0.2) is 0 Å². The number of hydrogen-bond acceptors (Lipinski definition) is 3.